The van der Waals surface area contributed by atoms with Gasteiger partial charge < -0.3 is 14.6 Å². The van der Waals surface area contributed by atoms with Crippen LogP contribution in [0.4, 0.5) is 0 Å². The third kappa shape index (κ3) is 7.32. The quantitative estimate of drug-likeness (QED) is 0.223. The molecule has 8 saturated carbocycles. The van der Waals surface area contributed by atoms with Gasteiger partial charge in [-0.1, -0.05) is 60.6 Å². The van der Waals surface area contributed by atoms with Crippen LogP contribution in [0.3, 0.4) is 0 Å². The molecule has 0 unspecified atom stereocenters. The lowest BCUT2D eigenvalue weighted by molar-refractivity contribution is -0.180. The van der Waals surface area contributed by atoms with Gasteiger partial charge in [0.1, 0.15) is 12.2 Å². The Morgan fingerprint density at radius 1 is 0.661 bits per heavy atom. The van der Waals surface area contributed by atoms with E-state index in [1.54, 1.807) is 13.1 Å². The standard InChI is InChI=1S/C24H35NO2.C23H33NO3.2CH4/c1-15-12-17-6-8-19-20-9-7-18(14-25-5)23(20,3)11-10-21(19)24(17,4)13-22(15)27-16(2)26;1-14(25)27-21-12-23(3)15(11-20(21)26)5-7-17-18-8-6-16(13-24-4)22(18,2)10-9-19(17)23;;/h14-15,17,19-22H,6-13H2,1-4H3;13,15,17-21,26H,5-12H2,1-3H3;2*1H4/b18-14-;16-13-;;/t15-,17-,19-,20-,21-,22-,23+,24-;15-,17-,18-,19-,20-,21-,22+,23-;;/m00../s1. The number of rotatable bonds is 2. The number of hydrogen-bond acceptors (Lipinski definition) is 5. The van der Waals surface area contributed by atoms with Gasteiger partial charge in [-0.15, -0.1) is 0 Å². The highest BCUT2D eigenvalue weighted by molar-refractivity contribution is 5.66. The lowest BCUT2D eigenvalue weighted by Gasteiger charge is -2.61. The van der Waals surface area contributed by atoms with Gasteiger partial charge in [-0.05, 0) is 178 Å². The molecule has 1 N–H and O–H groups in total. The molecule has 8 aliphatic carbocycles. The van der Waals surface area contributed by atoms with Crippen molar-refractivity contribution in [3.63, 3.8) is 0 Å². The molecule has 16 atom stereocenters. The maximum atomic E-state index is 11.6. The number of esters is 2. The summed E-state index contributed by atoms with van der Waals surface area (Å²) in [5, 5.41) is 10.5. The molecule has 56 heavy (non-hydrogen) atoms. The number of allylic oxidation sites excluding steroid dienone is 2. The van der Waals surface area contributed by atoms with Gasteiger partial charge in [-0.25, -0.2) is 9.69 Å². The second-order valence-corrected chi connectivity index (χ2v) is 20.6. The topological polar surface area (TPSA) is 81.6 Å². The maximum Gasteiger partial charge on any atom is 0.302 e. The molecule has 0 aromatic rings. The van der Waals surface area contributed by atoms with E-state index in [1.807, 2.05) is 6.20 Å². The maximum absolute atomic E-state index is 11.6. The van der Waals surface area contributed by atoms with Gasteiger partial charge in [0.15, 0.2) is 12.4 Å². The number of aliphatic hydroxyl groups excluding tert-OH is 1. The number of carbonyl (C=O) groups is 2. The first-order valence-corrected chi connectivity index (χ1v) is 21.7. The summed E-state index contributed by atoms with van der Waals surface area (Å²) in [5.74, 6) is 5.71. The van der Waals surface area contributed by atoms with Crippen molar-refractivity contribution in [3.05, 3.63) is 46.4 Å². The Balaban J connectivity index is 0.000000207. The summed E-state index contributed by atoms with van der Waals surface area (Å²) in [6, 6.07) is 0. The van der Waals surface area contributed by atoms with E-state index in [9.17, 15) is 14.7 Å². The van der Waals surface area contributed by atoms with E-state index in [2.05, 4.69) is 44.3 Å². The number of hydrogen-bond donors (Lipinski definition) is 1. The molecule has 0 saturated heterocycles. The molecule has 0 bridgehead atoms. The summed E-state index contributed by atoms with van der Waals surface area (Å²) in [7, 11) is 0. The van der Waals surface area contributed by atoms with Crippen LogP contribution >= 0.6 is 0 Å². The molecule has 0 aromatic heterocycles. The number of aliphatic hydroxyl groups is 1. The number of carbonyl (C=O) groups excluding carboxylic acids is 2. The van der Waals surface area contributed by atoms with Gasteiger partial charge in [-0.2, -0.15) is 0 Å². The summed E-state index contributed by atoms with van der Waals surface area (Å²) in [6.07, 6.45) is 21.4. The Morgan fingerprint density at radius 3 is 1.54 bits per heavy atom. The third-order valence-corrected chi connectivity index (χ3v) is 18.4. The van der Waals surface area contributed by atoms with Crippen molar-refractivity contribution in [1.29, 1.82) is 0 Å². The zero-order valence-corrected chi connectivity index (χ0v) is 34.4. The van der Waals surface area contributed by atoms with Gasteiger partial charge in [0.05, 0.1) is 19.2 Å². The van der Waals surface area contributed by atoms with Crippen LogP contribution in [0, 0.1) is 88.1 Å². The Morgan fingerprint density at radius 2 is 1.09 bits per heavy atom. The zero-order valence-electron chi connectivity index (χ0n) is 34.4. The number of nitrogens with zero attached hydrogens (tertiary/aromatic N) is 2. The largest absolute Gasteiger partial charge is 0.462 e. The molecule has 7 heteroatoms. The number of ether oxygens (including phenoxy) is 2. The lowest BCUT2D eigenvalue weighted by atomic mass is 9.44. The van der Waals surface area contributed by atoms with Gasteiger partial charge >= 0.3 is 11.9 Å². The average Bonchev–Trinajstić information content (AvgIpc) is 3.62. The second-order valence-electron chi connectivity index (χ2n) is 20.6. The molecule has 0 heterocycles. The van der Waals surface area contributed by atoms with Crippen LogP contribution in [-0.2, 0) is 19.1 Å². The smallest absolute Gasteiger partial charge is 0.302 e. The normalized spacial score (nSPS) is 48.5. The molecule has 312 valence electrons. The molecule has 0 spiro atoms. The van der Waals surface area contributed by atoms with E-state index in [-0.39, 0.29) is 55.2 Å². The first kappa shape index (κ1) is 44.5. The molecule has 0 amide bonds. The third-order valence-electron chi connectivity index (χ3n) is 18.4. The van der Waals surface area contributed by atoms with Gasteiger partial charge in [0.2, 0.25) is 0 Å². The fourth-order valence-electron chi connectivity index (χ4n) is 15.7. The van der Waals surface area contributed by atoms with Gasteiger partial charge in [0.25, 0.3) is 0 Å². The second kappa shape index (κ2) is 16.5. The number of fused-ring (bicyclic) bond motifs is 10. The molecule has 7 nitrogen and oxygen atoms in total. The highest BCUT2D eigenvalue weighted by Crippen LogP contribution is 2.69. The molecular weight excluding hydrogens is 697 g/mol. The molecule has 0 aliphatic heterocycles. The van der Waals surface area contributed by atoms with Crippen molar-refractivity contribution in [2.75, 3.05) is 0 Å². The van der Waals surface area contributed by atoms with Crippen molar-refractivity contribution in [2.45, 2.75) is 184 Å². The first-order valence-electron chi connectivity index (χ1n) is 21.7. The minimum absolute atomic E-state index is 0. The monoisotopic (exact) mass is 773 g/mol. The lowest BCUT2D eigenvalue weighted by Crippen LogP contribution is -2.56. The Labute approximate surface area is 340 Å². The van der Waals surface area contributed by atoms with E-state index in [1.165, 1.54) is 88.7 Å². The first-order chi connectivity index (χ1) is 25.6. The molecule has 8 fully saturated rings. The van der Waals surface area contributed by atoms with Crippen LogP contribution in [0.5, 0.6) is 0 Å². The molecule has 8 aliphatic rings. The van der Waals surface area contributed by atoms with Crippen molar-refractivity contribution < 1.29 is 24.2 Å². The van der Waals surface area contributed by atoms with Crippen molar-refractivity contribution in [1.82, 2.24) is 0 Å². The van der Waals surface area contributed by atoms with Crippen LogP contribution < -0.4 is 0 Å². The van der Waals surface area contributed by atoms with Gasteiger partial charge in [-0.3, -0.25) is 9.59 Å². The highest BCUT2D eigenvalue weighted by atomic mass is 16.6. The van der Waals surface area contributed by atoms with Crippen LogP contribution in [0.15, 0.2) is 23.5 Å². The Kier molecular flexibility index (Phi) is 13.1. The molecule has 8 rings (SSSR count). The summed E-state index contributed by atoms with van der Waals surface area (Å²) in [6.45, 7) is 29.6. The summed E-state index contributed by atoms with van der Waals surface area (Å²) >= 11 is 0. The van der Waals surface area contributed by atoms with Crippen molar-refractivity contribution in [2.24, 2.45) is 74.9 Å². The van der Waals surface area contributed by atoms with Crippen LogP contribution in [-0.4, -0.2) is 35.4 Å². The fourth-order valence-corrected chi connectivity index (χ4v) is 15.7. The minimum Gasteiger partial charge on any atom is -0.462 e. The predicted octanol–water partition coefficient (Wildman–Crippen LogP) is 12.0. The van der Waals surface area contributed by atoms with E-state index in [0.717, 1.165) is 55.8 Å². The Bertz CT molecular complexity index is 1500. The van der Waals surface area contributed by atoms with Gasteiger partial charge in [0, 0.05) is 13.8 Å². The van der Waals surface area contributed by atoms with Crippen LogP contribution in [0.1, 0.15) is 166 Å². The van der Waals surface area contributed by atoms with E-state index >= 15 is 0 Å². The van der Waals surface area contributed by atoms with E-state index in [0.29, 0.717) is 35.0 Å². The molecular formula is C49H76N2O5. The summed E-state index contributed by atoms with van der Waals surface area (Å²) in [5.41, 5.74) is 3.72. The summed E-state index contributed by atoms with van der Waals surface area (Å²) in [4.78, 5) is 30.4. The highest BCUT2D eigenvalue weighted by Gasteiger charge is 2.62. The fraction of sp³-hybridized carbons (Fsp3) is 0.837. The Hall–Kier alpha value is -2.64. The summed E-state index contributed by atoms with van der Waals surface area (Å²) < 4.78 is 11.3. The average molecular weight is 773 g/mol. The molecule has 0 radical (unpaired) electrons. The van der Waals surface area contributed by atoms with Crippen LogP contribution in [0.2, 0.25) is 0 Å². The van der Waals surface area contributed by atoms with E-state index in [4.69, 9.17) is 22.6 Å². The molecule has 0 aromatic carbocycles. The van der Waals surface area contributed by atoms with Crippen LogP contribution in [0.25, 0.3) is 9.69 Å². The van der Waals surface area contributed by atoms with E-state index < -0.39 is 6.10 Å². The minimum atomic E-state index is -0.517. The SMILES string of the molecule is C.C.[C-]#[N+]/C=C1/CC[C@H]2[C@@H]3CC[C@H]4C[C@H](C)[C@@H](OC(C)=O)C[C@]4(C)[C@H]3CC[C@]12C.[C-]#[N+]/C=C1/CC[C@H]2[C@@H]3CC[C@H]4C[C@H](O)[C@@H](OC(C)=O)C[C@]4(C)[C@H]3CC[C@]12C. The van der Waals surface area contributed by atoms with Crippen molar-refractivity contribution in [3.8, 4) is 0 Å². The van der Waals surface area contributed by atoms with Crippen molar-refractivity contribution >= 4 is 11.9 Å². The predicted molar refractivity (Wildman–Crippen MR) is 223 cm³/mol. The zero-order chi connectivity index (χ0) is 38.8.